The molecule has 0 atom stereocenters. The van der Waals surface area contributed by atoms with Gasteiger partial charge in [-0.3, -0.25) is 4.79 Å². The van der Waals surface area contributed by atoms with E-state index in [1.807, 2.05) is 68.4 Å². The third-order valence-corrected chi connectivity index (χ3v) is 5.50. The topological polar surface area (TPSA) is 65.4 Å². The number of nitrogens with one attached hydrogen (secondary N) is 1. The Bertz CT molecular complexity index is 1280. The second kappa shape index (κ2) is 9.61. The average molecular weight is 442 g/mol. The van der Waals surface area contributed by atoms with Crippen LogP contribution in [0, 0.1) is 13.8 Å². The van der Waals surface area contributed by atoms with Gasteiger partial charge in [0.2, 0.25) is 0 Å². The Kier molecular flexibility index (Phi) is 6.45. The van der Waals surface area contributed by atoms with Gasteiger partial charge in [-0.15, -0.1) is 0 Å². The SMILES string of the molecule is COc1ccc(-c2cc(C(=O)NCc3ccccc3)n(-c3ccc(C)cc3C)n2)c(OC)c1. The minimum Gasteiger partial charge on any atom is -0.497 e. The fraction of sp³-hybridized carbons (Fsp3) is 0.185. The van der Waals surface area contributed by atoms with E-state index in [-0.39, 0.29) is 5.91 Å². The van der Waals surface area contributed by atoms with Gasteiger partial charge >= 0.3 is 0 Å². The molecule has 0 spiro atoms. The Hall–Kier alpha value is -4.06. The first kappa shape index (κ1) is 22.1. The molecule has 4 aromatic rings. The first-order chi connectivity index (χ1) is 16.0. The summed E-state index contributed by atoms with van der Waals surface area (Å²) in [6.07, 6.45) is 0. The second-order valence-electron chi connectivity index (χ2n) is 7.85. The summed E-state index contributed by atoms with van der Waals surface area (Å²) in [5, 5.41) is 7.83. The second-order valence-corrected chi connectivity index (χ2v) is 7.85. The lowest BCUT2D eigenvalue weighted by atomic mass is 10.1. The number of aromatic nitrogens is 2. The first-order valence-corrected chi connectivity index (χ1v) is 10.7. The Morgan fingerprint density at radius 2 is 1.73 bits per heavy atom. The van der Waals surface area contributed by atoms with Crippen LogP contribution in [0.1, 0.15) is 27.2 Å². The third-order valence-electron chi connectivity index (χ3n) is 5.50. The Balaban J connectivity index is 1.77. The number of hydrogen-bond acceptors (Lipinski definition) is 4. The number of aryl methyl sites for hydroxylation is 2. The summed E-state index contributed by atoms with van der Waals surface area (Å²) in [5.41, 5.74) is 5.92. The molecular formula is C27H27N3O3. The van der Waals surface area contributed by atoms with Gasteiger partial charge in [-0.25, -0.2) is 4.68 Å². The van der Waals surface area contributed by atoms with Gasteiger partial charge in [0.05, 0.1) is 25.6 Å². The predicted molar refractivity (Wildman–Crippen MR) is 129 cm³/mol. The van der Waals surface area contributed by atoms with Crippen molar-refractivity contribution >= 4 is 5.91 Å². The minimum absolute atomic E-state index is 0.204. The van der Waals surface area contributed by atoms with Gasteiger partial charge in [0, 0.05) is 18.2 Å². The number of ether oxygens (including phenoxy) is 2. The molecule has 1 heterocycles. The highest BCUT2D eigenvalue weighted by Crippen LogP contribution is 2.33. The van der Waals surface area contributed by atoms with Crippen molar-refractivity contribution in [2.24, 2.45) is 0 Å². The van der Waals surface area contributed by atoms with Gasteiger partial charge in [-0.1, -0.05) is 48.0 Å². The van der Waals surface area contributed by atoms with Gasteiger partial charge in [0.25, 0.3) is 5.91 Å². The average Bonchev–Trinajstić information content (AvgIpc) is 3.27. The maximum atomic E-state index is 13.3. The molecule has 168 valence electrons. The number of nitrogens with zero attached hydrogens (tertiary/aromatic N) is 2. The van der Waals surface area contributed by atoms with E-state index in [0.29, 0.717) is 29.4 Å². The van der Waals surface area contributed by atoms with Gasteiger partial charge in [0.1, 0.15) is 17.2 Å². The minimum atomic E-state index is -0.204. The van der Waals surface area contributed by atoms with Crippen LogP contribution in [0.2, 0.25) is 0 Å². The lowest BCUT2D eigenvalue weighted by molar-refractivity contribution is 0.0943. The van der Waals surface area contributed by atoms with E-state index >= 15 is 0 Å². The van der Waals surface area contributed by atoms with Gasteiger partial charge in [-0.2, -0.15) is 5.10 Å². The molecule has 0 aliphatic heterocycles. The van der Waals surface area contributed by atoms with Crippen molar-refractivity contribution in [3.8, 4) is 28.4 Å². The number of carbonyl (C=O) groups is 1. The van der Waals surface area contributed by atoms with E-state index in [4.69, 9.17) is 14.6 Å². The molecule has 0 saturated heterocycles. The highest BCUT2D eigenvalue weighted by Gasteiger charge is 2.20. The molecule has 3 aromatic carbocycles. The van der Waals surface area contributed by atoms with Crippen LogP contribution in [0.3, 0.4) is 0 Å². The number of carbonyl (C=O) groups excluding carboxylic acids is 1. The van der Waals surface area contributed by atoms with Gasteiger partial charge in [-0.05, 0) is 49.2 Å². The number of amides is 1. The fourth-order valence-electron chi connectivity index (χ4n) is 3.78. The number of rotatable bonds is 7. The van der Waals surface area contributed by atoms with E-state index in [2.05, 4.69) is 11.4 Å². The Morgan fingerprint density at radius 3 is 2.42 bits per heavy atom. The normalized spacial score (nSPS) is 10.7. The monoisotopic (exact) mass is 441 g/mol. The zero-order chi connectivity index (χ0) is 23.4. The molecule has 1 amide bonds. The summed E-state index contributed by atoms with van der Waals surface area (Å²) >= 11 is 0. The molecule has 33 heavy (non-hydrogen) atoms. The molecule has 0 fully saturated rings. The Labute approximate surface area is 193 Å². The van der Waals surface area contributed by atoms with E-state index in [0.717, 1.165) is 27.9 Å². The maximum Gasteiger partial charge on any atom is 0.270 e. The molecule has 0 radical (unpaired) electrons. The maximum absolute atomic E-state index is 13.3. The van der Waals surface area contributed by atoms with Crippen molar-refractivity contribution in [3.05, 3.63) is 95.2 Å². The molecule has 0 saturated carbocycles. The fourth-order valence-corrected chi connectivity index (χ4v) is 3.78. The molecule has 0 unspecified atom stereocenters. The highest BCUT2D eigenvalue weighted by molar-refractivity contribution is 5.94. The van der Waals surface area contributed by atoms with Crippen molar-refractivity contribution in [3.63, 3.8) is 0 Å². The van der Waals surface area contributed by atoms with E-state index < -0.39 is 0 Å². The number of hydrogen-bond donors (Lipinski definition) is 1. The van der Waals surface area contributed by atoms with E-state index in [1.165, 1.54) is 0 Å². The molecule has 6 heteroatoms. The van der Waals surface area contributed by atoms with Crippen molar-refractivity contribution in [1.82, 2.24) is 15.1 Å². The van der Waals surface area contributed by atoms with Crippen LogP contribution >= 0.6 is 0 Å². The zero-order valence-electron chi connectivity index (χ0n) is 19.3. The van der Waals surface area contributed by atoms with Crippen LogP contribution in [0.5, 0.6) is 11.5 Å². The molecule has 4 rings (SSSR count). The smallest absolute Gasteiger partial charge is 0.270 e. The van der Waals surface area contributed by atoms with Crippen LogP contribution in [-0.2, 0) is 6.54 Å². The summed E-state index contributed by atoms with van der Waals surface area (Å²) in [7, 11) is 3.21. The third kappa shape index (κ3) is 4.75. The van der Waals surface area contributed by atoms with Crippen LogP contribution < -0.4 is 14.8 Å². The van der Waals surface area contributed by atoms with Crippen molar-refractivity contribution in [2.75, 3.05) is 14.2 Å². The molecule has 6 nitrogen and oxygen atoms in total. The molecule has 1 aromatic heterocycles. The van der Waals surface area contributed by atoms with Gasteiger partial charge in [0.15, 0.2) is 0 Å². The molecule has 0 aliphatic carbocycles. The van der Waals surface area contributed by atoms with Crippen molar-refractivity contribution in [1.29, 1.82) is 0 Å². The van der Waals surface area contributed by atoms with Crippen molar-refractivity contribution < 1.29 is 14.3 Å². The highest BCUT2D eigenvalue weighted by atomic mass is 16.5. The quantitative estimate of drug-likeness (QED) is 0.433. The standard InChI is InChI=1S/C27H27N3O3/c1-18-10-13-24(19(2)14-18)30-25(27(31)28-17-20-8-6-5-7-9-20)16-23(29-30)22-12-11-21(32-3)15-26(22)33-4/h5-16H,17H2,1-4H3,(H,28,31). The zero-order valence-corrected chi connectivity index (χ0v) is 19.3. The molecule has 1 N–H and O–H groups in total. The first-order valence-electron chi connectivity index (χ1n) is 10.7. The number of methoxy groups -OCH3 is 2. The summed E-state index contributed by atoms with van der Waals surface area (Å²) < 4.78 is 12.6. The Morgan fingerprint density at radius 1 is 0.939 bits per heavy atom. The van der Waals surface area contributed by atoms with Crippen LogP contribution in [-0.4, -0.2) is 29.9 Å². The summed E-state index contributed by atoms with van der Waals surface area (Å²) in [4.78, 5) is 13.3. The van der Waals surface area contributed by atoms with Crippen LogP contribution in [0.15, 0.2) is 72.8 Å². The lowest BCUT2D eigenvalue weighted by Crippen LogP contribution is -2.25. The van der Waals surface area contributed by atoms with Crippen molar-refractivity contribution in [2.45, 2.75) is 20.4 Å². The summed E-state index contributed by atoms with van der Waals surface area (Å²) in [6, 6.07) is 23.2. The molecular weight excluding hydrogens is 414 g/mol. The van der Waals surface area contributed by atoms with E-state index in [9.17, 15) is 4.79 Å². The summed E-state index contributed by atoms with van der Waals surface area (Å²) in [6.45, 7) is 4.49. The summed E-state index contributed by atoms with van der Waals surface area (Å²) in [5.74, 6) is 1.10. The van der Waals surface area contributed by atoms with Crippen LogP contribution in [0.25, 0.3) is 16.9 Å². The molecule has 0 bridgehead atoms. The molecule has 0 aliphatic rings. The predicted octanol–water partition coefficient (Wildman–Crippen LogP) is 5.10. The lowest BCUT2D eigenvalue weighted by Gasteiger charge is -2.11. The number of benzene rings is 3. The van der Waals surface area contributed by atoms with E-state index in [1.54, 1.807) is 31.0 Å². The largest absolute Gasteiger partial charge is 0.497 e. The van der Waals surface area contributed by atoms with Gasteiger partial charge < -0.3 is 14.8 Å². The van der Waals surface area contributed by atoms with Crippen LogP contribution in [0.4, 0.5) is 0 Å².